The molecule has 1 aromatic carbocycles. The number of nitrogens with one attached hydrogen (secondary N) is 2. The molecule has 0 bridgehead atoms. The highest BCUT2D eigenvalue weighted by Crippen LogP contribution is 2.26. The molecule has 7 nitrogen and oxygen atoms in total. The molecule has 0 saturated carbocycles. The maximum atomic E-state index is 12.5. The summed E-state index contributed by atoms with van der Waals surface area (Å²) in [4.78, 5) is 14.9. The van der Waals surface area contributed by atoms with E-state index in [4.69, 9.17) is 0 Å². The molecule has 1 saturated heterocycles. The summed E-state index contributed by atoms with van der Waals surface area (Å²) < 4.78 is 1.98. The minimum absolute atomic E-state index is 0.0133. The number of aromatic nitrogens is 4. The number of H-pyrrole nitrogens is 1. The van der Waals surface area contributed by atoms with Crippen LogP contribution in [0.2, 0.25) is 0 Å². The summed E-state index contributed by atoms with van der Waals surface area (Å²) in [6.07, 6.45) is 4.15. The molecule has 1 fully saturated rings. The van der Waals surface area contributed by atoms with Gasteiger partial charge in [0.15, 0.2) is 0 Å². The van der Waals surface area contributed by atoms with E-state index in [1.165, 1.54) is 5.69 Å². The fraction of sp³-hybridized carbons (Fsp3) is 0.435. The predicted octanol–water partition coefficient (Wildman–Crippen LogP) is 3.75. The van der Waals surface area contributed by atoms with E-state index in [1.807, 2.05) is 41.1 Å². The number of likely N-dealkylation sites (tertiary alicyclic amines) is 1. The Morgan fingerprint density at radius 1 is 1.20 bits per heavy atom. The van der Waals surface area contributed by atoms with E-state index in [0.29, 0.717) is 18.4 Å². The van der Waals surface area contributed by atoms with Crippen LogP contribution < -0.4 is 5.32 Å². The SMILES string of the molecule is CC(C)c1cc(CN2CCC(n3nccc3NC(=O)Cc3ccccc3)CC2)[nH]n1. The quantitative estimate of drug-likeness (QED) is 0.626. The summed E-state index contributed by atoms with van der Waals surface area (Å²) in [6, 6.07) is 14.2. The number of nitrogens with zero attached hydrogens (tertiary/aromatic N) is 4. The average molecular weight is 407 g/mol. The Bertz CT molecular complexity index is 953. The molecule has 0 aliphatic carbocycles. The smallest absolute Gasteiger partial charge is 0.229 e. The molecule has 4 rings (SSSR count). The number of carbonyl (C=O) groups is 1. The molecule has 1 aliphatic heterocycles. The van der Waals surface area contributed by atoms with Crippen LogP contribution in [0.3, 0.4) is 0 Å². The Morgan fingerprint density at radius 3 is 2.67 bits per heavy atom. The van der Waals surface area contributed by atoms with E-state index in [2.05, 4.69) is 45.4 Å². The molecule has 0 atom stereocenters. The van der Waals surface area contributed by atoms with Crippen molar-refractivity contribution in [1.29, 1.82) is 0 Å². The molecule has 3 aromatic rings. The maximum Gasteiger partial charge on any atom is 0.229 e. The van der Waals surface area contributed by atoms with E-state index in [0.717, 1.165) is 49.6 Å². The number of anilines is 1. The predicted molar refractivity (Wildman–Crippen MR) is 117 cm³/mol. The van der Waals surface area contributed by atoms with Crippen molar-refractivity contribution >= 4 is 11.7 Å². The lowest BCUT2D eigenvalue weighted by atomic mass is 10.0. The minimum atomic E-state index is -0.0133. The number of amides is 1. The van der Waals surface area contributed by atoms with Gasteiger partial charge in [0, 0.05) is 31.4 Å². The third-order valence-electron chi connectivity index (χ3n) is 5.68. The van der Waals surface area contributed by atoms with Gasteiger partial charge in [0.05, 0.1) is 24.4 Å². The zero-order valence-corrected chi connectivity index (χ0v) is 17.7. The Hall–Kier alpha value is -2.93. The lowest BCUT2D eigenvalue weighted by Crippen LogP contribution is -2.35. The second kappa shape index (κ2) is 9.26. The molecular formula is C23H30N6O. The molecule has 1 amide bonds. The first-order valence-corrected chi connectivity index (χ1v) is 10.7. The highest BCUT2D eigenvalue weighted by atomic mass is 16.1. The van der Waals surface area contributed by atoms with Crippen LogP contribution in [0.15, 0.2) is 48.7 Å². The summed E-state index contributed by atoms with van der Waals surface area (Å²) in [6.45, 7) is 7.21. The number of hydrogen-bond acceptors (Lipinski definition) is 4. The minimum Gasteiger partial charge on any atom is -0.311 e. The van der Waals surface area contributed by atoms with Gasteiger partial charge in [0.1, 0.15) is 5.82 Å². The lowest BCUT2D eigenvalue weighted by molar-refractivity contribution is -0.115. The normalized spacial score (nSPS) is 15.6. The van der Waals surface area contributed by atoms with Crippen LogP contribution in [0.5, 0.6) is 0 Å². The van der Waals surface area contributed by atoms with Crippen molar-refractivity contribution in [2.24, 2.45) is 0 Å². The van der Waals surface area contributed by atoms with Crippen LogP contribution in [-0.2, 0) is 17.8 Å². The van der Waals surface area contributed by atoms with Gasteiger partial charge in [-0.15, -0.1) is 0 Å². The van der Waals surface area contributed by atoms with Crippen LogP contribution in [0.4, 0.5) is 5.82 Å². The third-order valence-corrected chi connectivity index (χ3v) is 5.68. The van der Waals surface area contributed by atoms with Crippen LogP contribution in [-0.4, -0.2) is 43.9 Å². The van der Waals surface area contributed by atoms with Gasteiger partial charge in [-0.1, -0.05) is 44.2 Å². The van der Waals surface area contributed by atoms with Gasteiger partial charge in [-0.2, -0.15) is 10.2 Å². The molecule has 0 spiro atoms. The Labute approximate surface area is 177 Å². The summed E-state index contributed by atoms with van der Waals surface area (Å²) >= 11 is 0. The number of benzene rings is 1. The van der Waals surface area contributed by atoms with Crippen molar-refractivity contribution < 1.29 is 4.79 Å². The van der Waals surface area contributed by atoms with Crippen molar-refractivity contribution in [3.05, 3.63) is 65.6 Å². The van der Waals surface area contributed by atoms with Gasteiger partial charge in [0.25, 0.3) is 0 Å². The topological polar surface area (TPSA) is 78.8 Å². The average Bonchev–Trinajstić information content (AvgIpc) is 3.39. The summed E-state index contributed by atoms with van der Waals surface area (Å²) in [5, 5.41) is 15.1. The van der Waals surface area contributed by atoms with Crippen LogP contribution >= 0.6 is 0 Å². The third kappa shape index (κ3) is 4.97. The lowest BCUT2D eigenvalue weighted by Gasteiger charge is -2.32. The van der Waals surface area contributed by atoms with Crippen molar-refractivity contribution in [1.82, 2.24) is 24.9 Å². The van der Waals surface area contributed by atoms with Crippen molar-refractivity contribution in [2.45, 2.75) is 51.6 Å². The Morgan fingerprint density at radius 2 is 1.97 bits per heavy atom. The Balaban J connectivity index is 1.31. The number of piperidine rings is 1. The van der Waals surface area contributed by atoms with Gasteiger partial charge in [-0.3, -0.25) is 14.8 Å². The first-order chi connectivity index (χ1) is 14.6. The first kappa shape index (κ1) is 20.3. The summed E-state index contributed by atoms with van der Waals surface area (Å²) in [5.41, 5.74) is 3.30. The number of carbonyl (C=O) groups excluding carboxylic acids is 1. The molecule has 0 unspecified atom stereocenters. The van der Waals surface area contributed by atoms with E-state index in [1.54, 1.807) is 6.20 Å². The van der Waals surface area contributed by atoms with Gasteiger partial charge in [-0.25, -0.2) is 4.68 Å². The molecule has 0 radical (unpaired) electrons. The monoisotopic (exact) mass is 406 g/mol. The highest BCUT2D eigenvalue weighted by molar-refractivity contribution is 5.91. The molecule has 3 heterocycles. The van der Waals surface area contributed by atoms with Crippen molar-refractivity contribution in [3.8, 4) is 0 Å². The van der Waals surface area contributed by atoms with Crippen LogP contribution in [0, 0.1) is 0 Å². The molecule has 1 aliphatic rings. The largest absolute Gasteiger partial charge is 0.311 e. The van der Waals surface area contributed by atoms with Gasteiger partial charge >= 0.3 is 0 Å². The number of rotatable bonds is 7. The van der Waals surface area contributed by atoms with Crippen LogP contribution in [0.1, 0.15) is 55.6 Å². The van der Waals surface area contributed by atoms with E-state index >= 15 is 0 Å². The molecule has 158 valence electrons. The number of aromatic amines is 1. The summed E-state index contributed by atoms with van der Waals surface area (Å²) in [7, 11) is 0. The van der Waals surface area contributed by atoms with Crippen molar-refractivity contribution in [3.63, 3.8) is 0 Å². The Kier molecular flexibility index (Phi) is 6.28. The first-order valence-electron chi connectivity index (χ1n) is 10.7. The fourth-order valence-corrected chi connectivity index (χ4v) is 3.99. The molecule has 2 aromatic heterocycles. The summed E-state index contributed by atoms with van der Waals surface area (Å²) in [5.74, 6) is 1.21. The highest BCUT2D eigenvalue weighted by Gasteiger charge is 2.23. The van der Waals surface area contributed by atoms with E-state index < -0.39 is 0 Å². The van der Waals surface area contributed by atoms with Gasteiger partial charge < -0.3 is 5.32 Å². The zero-order valence-electron chi connectivity index (χ0n) is 17.7. The maximum absolute atomic E-state index is 12.5. The van der Waals surface area contributed by atoms with Crippen molar-refractivity contribution in [2.75, 3.05) is 18.4 Å². The van der Waals surface area contributed by atoms with E-state index in [9.17, 15) is 4.79 Å². The van der Waals surface area contributed by atoms with Crippen LogP contribution in [0.25, 0.3) is 0 Å². The molecular weight excluding hydrogens is 376 g/mol. The van der Waals surface area contributed by atoms with Gasteiger partial charge in [-0.05, 0) is 30.4 Å². The zero-order chi connectivity index (χ0) is 20.9. The standard InChI is InChI=1S/C23H30N6O/c1-17(2)21-15-19(26-27-21)16-28-12-9-20(10-13-28)29-22(8-11-24-29)25-23(30)14-18-6-4-3-5-7-18/h3-8,11,15,17,20H,9-10,12-14,16H2,1-2H3,(H,25,30)(H,26,27). The second-order valence-electron chi connectivity index (χ2n) is 8.35. The second-order valence-corrected chi connectivity index (χ2v) is 8.35. The molecule has 2 N–H and O–H groups in total. The van der Waals surface area contributed by atoms with Gasteiger partial charge in [0.2, 0.25) is 5.91 Å². The number of hydrogen-bond donors (Lipinski definition) is 2. The van der Waals surface area contributed by atoms with E-state index in [-0.39, 0.29) is 5.91 Å². The molecule has 30 heavy (non-hydrogen) atoms. The fourth-order valence-electron chi connectivity index (χ4n) is 3.99. The molecule has 7 heteroatoms.